The number of aromatic nitrogens is 3. The van der Waals surface area contributed by atoms with E-state index in [9.17, 15) is 9.59 Å². The van der Waals surface area contributed by atoms with E-state index in [4.69, 9.17) is 4.74 Å². The fourth-order valence-corrected chi connectivity index (χ4v) is 2.34. The molecule has 0 saturated carbocycles. The third kappa shape index (κ3) is 2.49. The Labute approximate surface area is 120 Å². The largest absolute Gasteiger partial charge is 0.496 e. The number of para-hydroxylation sites is 1. The number of amides is 2. The van der Waals surface area contributed by atoms with Gasteiger partial charge in [0.1, 0.15) is 17.5 Å². The van der Waals surface area contributed by atoms with Crippen LogP contribution in [0.2, 0.25) is 0 Å². The van der Waals surface area contributed by atoms with Gasteiger partial charge < -0.3 is 4.74 Å². The molecule has 1 fully saturated rings. The van der Waals surface area contributed by atoms with E-state index >= 15 is 0 Å². The molecule has 21 heavy (non-hydrogen) atoms. The number of nitrogens with one attached hydrogen (secondary N) is 1. The Morgan fingerprint density at radius 3 is 2.90 bits per heavy atom. The molecule has 1 unspecified atom stereocenters. The number of carbonyl (C=O) groups excluding carboxylic acids is 2. The number of carbonyl (C=O) groups is 2. The molecule has 1 atom stereocenters. The molecule has 0 aliphatic carbocycles. The molecule has 2 heterocycles. The Hall–Kier alpha value is -2.70. The van der Waals surface area contributed by atoms with Crippen molar-refractivity contribution >= 4 is 11.8 Å². The molecule has 1 aromatic carbocycles. The van der Waals surface area contributed by atoms with Gasteiger partial charge in [0.15, 0.2) is 0 Å². The van der Waals surface area contributed by atoms with Gasteiger partial charge in [0.25, 0.3) is 5.91 Å². The van der Waals surface area contributed by atoms with E-state index in [1.165, 1.54) is 4.68 Å². The van der Waals surface area contributed by atoms with Gasteiger partial charge in [-0.25, -0.2) is 4.68 Å². The minimum Gasteiger partial charge on any atom is -0.496 e. The van der Waals surface area contributed by atoms with Crippen LogP contribution in [-0.2, 0) is 9.59 Å². The lowest BCUT2D eigenvalue weighted by Crippen LogP contribution is -2.41. The van der Waals surface area contributed by atoms with Gasteiger partial charge in [0, 0.05) is 12.0 Å². The van der Waals surface area contributed by atoms with Crippen LogP contribution >= 0.6 is 0 Å². The fraction of sp³-hybridized carbons (Fsp3) is 0.286. The molecule has 3 rings (SSSR count). The van der Waals surface area contributed by atoms with Gasteiger partial charge in [-0.05, 0) is 18.6 Å². The number of methoxy groups -OCH3 is 1. The van der Waals surface area contributed by atoms with Gasteiger partial charge in [-0.15, -0.1) is 5.10 Å². The summed E-state index contributed by atoms with van der Waals surface area (Å²) in [5.74, 6) is 0.0943. The molecule has 2 aromatic rings. The van der Waals surface area contributed by atoms with Gasteiger partial charge in [-0.3, -0.25) is 14.9 Å². The van der Waals surface area contributed by atoms with Gasteiger partial charge in [0.2, 0.25) is 5.91 Å². The van der Waals surface area contributed by atoms with E-state index in [0.29, 0.717) is 24.3 Å². The molecule has 1 aromatic heterocycles. The standard InChI is InChI=1S/C14H14N4O3/c1-21-12-5-3-2-4-9(12)10-8-18(17-16-10)11-6-7-13(19)15-14(11)20/h2-5,8,11H,6-7H2,1H3,(H,15,19,20). The first-order valence-electron chi connectivity index (χ1n) is 6.58. The van der Waals surface area contributed by atoms with Crippen molar-refractivity contribution in [2.24, 2.45) is 0 Å². The molecule has 7 nitrogen and oxygen atoms in total. The summed E-state index contributed by atoms with van der Waals surface area (Å²) in [7, 11) is 1.59. The third-order valence-electron chi connectivity index (χ3n) is 3.42. The molecule has 1 saturated heterocycles. The summed E-state index contributed by atoms with van der Waals surface area (Å²) in [4.78, 5) is 23.0. The minimum absolute atomic E-state index is 0.249. The van der Waals surface area contributed by atoms with Gasteiger partial charge in [-0.2, -0.15) is 0 Å². The molecule has 108 valence electrons. The fourth-order valence-electron chi connectivity index (χ4n) is 2.34. The number of rotatable bonds is 3. The Balaban J connectivity index is 1.90. The number of ether oxygens (including phenoxy) is 1. The molecule has 2 amide bonds. The van der Waals surface area contributed by atoms with E-state index in [1.807, 2.05) is 24.3 Å². The third-order valence-corrected chi connectivity index (χ3v) is 3.42. The van der Waals surface area contributed by atoms with Crippen molar-refractivity contribution in [2.75, 3.05) is 7.11 Å². The molecule has 0 bridgehead atoms. The highest BCUT2D eigenvalue weighted by Gasteiger charge is 2.29. The summed E-state index contributed by atoms with van der Waals surface area (Å²) in [5.41, 5.74) is 1.43. The average Bonchev–Trinajstić information content (AvgIpc) is 2.96. The zero-order valence-electron chi connectivity index (χ0n) is 11.4. The Bertz CT molecular complexity index is 695. The van der Waals surface area contributed by atoms with Crippen LogP contribution in [0.4, 0.5) is 0 Å². The van der Waals surface area contributed by atoms with E-state index in [2.05, 4.69) is 15.6 Å². The first-order chi connectivity index (χ1) is 10.2. The Morgan fingerprint density at radius 1 is 1.33 bits per heavy atom. The summed E-state index contributed by atoms with van der Waals surface area (Å²) in [6.07, 6.45) is 2.43. The van der Waals surface area contributed by atoms with Crippen LogP contribution < -0.4 is 10.1 Å². The summed E-state index contributed by atoms with van der Waals surface area (Å²) in [6, 6.07) is 6.95. The average molecular weight is 286 g/mol. The highest BCUT2D eigenvalue weighted by molar-refractivity contribution is 5.99. The maximum absolute atomic E-state index is 11.8. The molecular weight excluding hydrogens is 272 g/mol. The smallest absolute Gasteiger partial charge is 0.251 e. The van der Waals surface area contributed by atoms with Crippen molar-refractivity contribution in [3.8, 4) is 17.0 Å². The molecule has 0 spiro atoms. The maximum atomic E-state index is 11.8. The Morgan fingerprint density at radius 2 is 2.14 bits per heavy atom. The SMILES string of the molecule is COc1ccccc1-c1cn(C2CCC(=O)NC2=O)nn1. The second kappa shape index (κ2) is 5.35. The van der Waals surface area contributed by atoms with Crippen LogP contribution in [0.3, 0.4) is 0 Å². The number of nitrogens with zero attached hydrogens (tertiary/aromatic N) is 3. The molecule has 1 aliphatic heterocycles. The number of hydrogen-bond donors (Lipinski definition) is 1. The number of benzene rings is 1. The van der Waals surface area contributed by atoms with E-state index in [-0.39, 0.29) is 11.8 Å². The zero-order chi connectivity index (χ0) is 14.8. The highest BCUT2D eigenvalue weighted by Crippen LogP contribution is 2.28. The lowest BCUT2D eigenvalue weighted by Gasteiger charge is -2.20. The van der Waals surface area contributed by atoms with Crippen molar-refractivity contribution < 1.29 is 14.3 Å². The van der Waals surface area contributed by atoms with E-state index in [1.54, 1.807) is 13.3 Å². The number of hydrogen-bond acceptors (Lipinski definition) is 5. The second-order valence-electron chi connectivity index (χ2n) is 4.75. The van der Waals surface area contributed by atoms with Gasteiger partial charge in [0.05, 0.1) is 13.3 Å². The van der Waals surface area contributed by atoms with Crippen molar-refractivity contribution in [3.63, 3.8) is 0 Å². The predicted octanol–water partition coefficient (Wildman–Crippen LogP) is 0.931. The van der Waals surface area contributed by atoms with Crippen molar-refractivity contribution in [1.82, 2.24) is 20.3 Å². The second-order valence-corrected chi connectivity index (χ2v) is 4.75. The molecule has 0 radical (unpaired) electrons. The summed E-state index contributed by atoms with van der Waals surface area (Å²) in [5, 5.41) is 10.4. The van der Waals surface area contributed by atoms with E-state index in [0.717, 1.165) is 5.56 Å². The summed E-state index contributed by atoms with van der Waals surface area (Å²) in [6.45, 7) is 0. The monoisotopic (exact) mass is 286 g/mol. The van der Waals surface area contributed by atoms with Gasteiger partial charge in [-0.1, -0.05) is 17.3 Å². The van der Waals surface area contributed by atoms with Crippen LogP contribution in [0, 0.1) is 0 Å². The van der Waals surface area contributed by atoms with Crippen molar-refractivity contribution in [1.29, 1.82) is 0 Å². The van der Waals surface area contributed by atoms with Crippen LogP contribution in [-0.4, -0.2) is 33.9 Å². The minimum atomic E-state index is -0.501. The van der Waals surface area contributed by atoms with Crippen LogP contribution in [0.25, 0.3) is 11.3 Å². The summed E-state index contributed by atoms with van der Waals surface area (Å²) < 4.78 is 6.78. The van der Waals surface area contributed by atoms with Crippen molar-refractivity contribution in [3.05, 3.63) is 30.5 Å². The first-order valence-corrected chi connectivity index (χ1v) is 6.58. The molecule has 1 N–H and O–H groups in total. The lowest BCUT2D eigenvalue weighted by atomic mass is 10.1. The Kier molecular flexibility index (Phi) is 3.39. The normalized spacial score (nSPS) is 18.4. The predicted molar refractivity (Wildman–Crippen MR) is 73.4 cm³/mol. The number of imide groups is 1. The first kappa shape index (κ1) is 13.3. The molecule has 7 heteroatoms. The molecule has 1 aliphatic rings. The van der Waals surface area contributed by atoms with Crippen molar-refractivity contribution in [2.45, 2.75) is 18.9 Å². The maximum Gasteiger partial charge on any atom is 0.251 e. The van der Waals surface area contributed by atoms with Crippen LogP contribution in [0.15, 0.2) is 30.5 Å². The topological polar surface area (TPSA) is 86.1 Å². The van der Waals surface area contributed by atoms with Crippen LogP contribution in [0.1, 0.15) is 18.9 Å². The quantitative estimate of drug-likeness (QED) is 0.848. The highest BCUT2D eigenvalue weighted by atomic mass is 16.5. The van der Waals surface area contributed by atoms with Gasteiger partial charge >= 0.3 is 0 Å². The zero-order valence-corrected chi connectivity index (χ0v) is 11.4. The van der Waals surface area contributed by atoms with Crippen LogP contribution in [0.5, 0.6) is 5.75 Å². The summed E-state index contributed by atoms with van der Waals surface area (Å²) >= 11 is 0. The lowest BCUT2D eigenvalue weighted by molar-refractivity contribution is -0.136. The molecular formula is C14H14N4O3. The van der Waals surface area contributed by atoms with E-state index < -0.39 is 6.04 Å². The number of piperidine rings is 1.